The van der Waals surface area contributed by atoms with E-state index in [0.29, 0.717) is 23.6 Å². The molecular formula is C25H31N5O2. The van der Waals surface area contributed by atoms with E-state index in [1.807, 2.05) is 61.5 Å². The number of ether oxygens (including phenoxy) is 1. The smallest absolute Gasteiger partial charge is 0.337 e. The highest BCUT2D eigenvalue weighted by Gasteiger charge is 2.22. The third-order valence-corrected chi connectivity index (χ3v) is 6.04. The molecule has 168 valence electrons. The number of carbonyl (C=O) groups is 1. The van der Waals surface area contributed by atoms with Crippen LogP contribution in [0, 0.1) is 0 Å². The Morgan fingerprint density at radius 2 is 1.69 bits per heavy atom. The zero-order valence-corrected chi connectivity index (χ0v) is 19.0. The molecule has 1 aliphatic carbocycles. The van der Waals surface area contributed by atoms with E-state index in [2.05, 4.69) is 16.7 Å². The molecular weight excluding hydrogens is 402 g/mol. The van der Waals surface area contributed by atoms with Crippen molar-refractivity contribution in [1.29, 1.82) is 0 Å². The van der Waals surface area contributed by atoms with Crippen LogP contribution in [0.4, 0.5) is 11.8 Å². The number of fused-ring (bicyclic) bond motifs is 1. The van der Waals surface area contributed by atoms with Gasteiger partial charge in [0.05, 0.1) is 18.2 Å². The van der Waals surface area contributed by atoms with E-state index in [0.717, 1.165) is 48.9 Å². The summed E-state index contributed by atoms with van der Waals surface area (Å²) in [7, 11) is 5.42. The topological polar surface area (TPSA) is 79.4 Å². The molecule has 3 aromatic rings. The summed E-state index contributed by atoms with van der Waals surface area (Å²) in [5.74, 6) is 1.34. The normalized spacial score (nSPS) is 18.3. The second-order valence-corrected chi connectivity index (χ2v) is 8.54. The molecule has 1 saturated carbocycles. The number of esters is 1. The Hall–Kier alpha value is -3.19. The van der Waals surface area contributed by atoms with Crippen molar-refractivity contribution in [3.63, 3.8) is 0 Å². The molecule has 4 rings (SSSR count). The van der Waals surface area contributed by atoms with Crippen LogP contribution in [0.1, 0.15) is 41.6 Å². The molecule has 0 spiro atoms. The standard InChI is InChI=1S/C25H31N5O2/c1-30(2)23-21-6-4-5-7-22(21)28-25(29-23)27-20-14-12-19(13-15-20)26-16-17-8-10-18(11-9-17)24(31)32-3/h4-11,19-20,26H,12-16H2,1-3H3,(H,27,28,29)/t19-,20+. The lowest BCUT2D eigenvalue weighted by molar-refractivity contribution is 0.0600. The molecule has 32 heavy (non-hydrogen) atoms. The Morgan fingerprint density at radius 3 is 2.38 bits per heavy atom. The van der Waals surface area contributed by atoms with Gasteiger partial charge in [-0.2, -0.15) is 4.98 Å². The predicted octanol–water partition coefficient (Wildman–Crippen LogP) is 4.00. The third kappa shape index (κ3) is 5.16. The summed E-state index contributed by atoms with van der Waals surface area (Å²) in [5.41, 5.74) is 2.71. The van der Waals surface area contributed by atoms with Gasteiger partial charge in [-0.05, 0) is 55.5 Å². The average Bonchev–Trinajstić information content (AvgIpc) is 2.83. The van der Waals surface area contributed by atoms with Crippen molar-refractivity contribution in [1.82, 2.24) is 15.3 Å². The van der Waals surface area contributed by atoms with E-state index >= 15 is 0 Å². The minimum absolute atomic E-state index is 0.302. The lowest BCUT2D eigenvalue weighted by Gasteiger charge is -2.30. The molecule has 2 N–H and O–H groups in total. The summed E-state index contributed by atoms with van der Waals surface area (Å²) in [6, 6.07) is 16.6. The quantitative estimate of drug-likeness (QED) is 0.545. The lowest BCUT2D eigenvalue weighted by Crippen LogP contribution is -2.37. The van der Waals surface area contributed by atoms with Crippen molar-refractivity contribution < 1.29 is 9.53 Å². The fraction of sp³-hybridized carbons (Fsp3) is 0.400. The SMILES string of the molecule is COC(=O)c1ccc(CN[C@H]2CC[C@@H](Nc3nc(N(C)C)c4ccccc4n3)CC2)cc1. The maximum atomic E-state index is 11.6. The summed E-state index contributed by atoms with van der Waals surface area (Å²) >= 11 is 0. The van der Waals surface area contributed by atoms with Gasteiger partial charge in [-0.1, -0.05) is 24.3 Å². The Bertz CT molecular complexity index is 1060. The number of para-hydroxylation sites is 1. The largest absolute Gasteiger partial charge is 0.465 e. The monoisotopic (exact) mass is 433 g/mol. The number of carbonyl (C=O) groups excluding carboxylic acids is 1. The van der Waals surface area contributed by atoms with Crippen molar-refractivity contribution >= 4 is 28.6 Å². The summed E-state index contributed by atoms with van der Waals surface area (Å²) in [5, 5.41) is 8.28. The zero-order valence-electron chi connectivity index (χ0n) is 19.0. The highest BCUT2D eigenvalue weighted by molar-refractivity contribution is 5.90. The van der Waals surface area contributed by atoms with Crippen molar-refractivity contribution in [2.45, 2.75) is 44.3 Å². The molecule has 1 heterocycles. The van der Waals surface area contributed by atoms with Crippen molar-refractivity contribution in [2.75, 3.05) is 31.4 Å². The first-order chi connectivity index (χ1) is 15.5. The van der Waals surface area contributed by atoms with Crippen LogP contribution in [-0.4, -0.2) is 49.2 Å². The van der Waals surface area contributed by atoms with E-state index < -0.39 is 0 Å². The van der Waals surface area contributed by atoms with Gasteiger partial charge in [0.2, 0.25) is 5.95 Å². The molecule has 7 nitrogen and oxygen atoms in total. The first-order valence-corrected chi connectivity index (χ1v) is 11.1. The first kappa shape index (κ1) is 22.0. The van der Waals surface area contributed by atoms with Crippen LogP contribution < -0.4 is 15.5 Å². The summed E-state index contributed by atoms with van der Waals surface area (Å²) in [4.78, 5) is 23.1. The van der Waals surface area contributed by atoms with Crippen molar-refractivity contribution in [3.8, 4) is 0 Å². The molecule has 1 aromatic heterocycles. The fourth-order valence-electron chi connectivity index (χ4n) is 4.23. The van der Waals surface area contributed by atoms with Crippen LogP contribution >= 0.6 is 0 Å². The molecule has 0 saturated heterocycles. The predicted molar refractivity (Wildman–Crippen MR) is 128 cm³/mol. The van der Waals surface area contributed by atoms with Gasteiger partial charge in [0.15, 0.2) is 0 Å². The van der Waals surface area contributed by atoms with Gasteiger partial charge in [-0.25, -0.2) is 9.78 Å². The van der Waals surface area contributed by atoms with Gasteiger partial charge in [-0.3, -0.25) is 0 Å². The van der Waals surface area contributed by atoms with Crippen LogP contribution in [-0.2, 0) is 11.3 Å². The van der Waals surface area contributed by atoms with Crippen LogP contribution in [0.2, 0.25) is 0 Å². The second kappa shape index (κ2) is 9.96. The van der Waals surface area contributed by atoms with E-state index in [1.54, 1.807) is 0 Å². The third-order valence-electron chi connectivity index (χ3n) is 6.04. The highest BCUT2D eigenvalue weighted by atomic mass is 16.5. The van der Waals surface area contributed by atoms with Gasteiger partial charge >= 0.3 is 5.97 Å². The van der Waals surface area contributed by atoms with E-state index in [4.69, 9.17) is 14.7 Å². The molecule has 0 aliphatic heterocycles. The molecule has 1 fully saturated rings. The maximum absolute atomic E-state index is 11.6. The Kier molecular flexibility index (Phi) is 6.85. The molecule has 0 bridgehead atoms. The summed E-state index contributed by atoms with van der Waals surface area (Å²) in [6.07, 6.45) is 4.36. The first-order valence-electron chi connectivity index (χ1n) is 11.1. The second-order valence-electron chi connectivity index (χ2n) is 8.54. The average molecular weight is 434 g/mol. The number of hydrogen-bond acceptors (Lipinski definition) is 7. The van der Waals surface area contributed by atoms with E-state index in [9.17, 15) is 4.79 Å². The number of nitrogens with zero attached hydrogens (tertiary/aromatic N) is 3. The summed E-state index contributed by atoms with van der Waals surface area (Å²) in [6.45, 7) is 0.796. The number of benzene rings is 2. The minimum Gasteiger partial charge on any atom is -0.465 e. The number of methoxy groups -OCH3 is 1. The maximum Gasteiger partial charge on any atom is 0.337 e. The van der Waals surface area contributed by atoms with Crippen molar-refractivity contribution in [2.24, 2.45) is 0 Å². The molecule has 0 atom stereocenters. The number of rotatable bonds is 7. The Morgan fingerprint density at radius 1 is 1.00 bits per heavy atom. The van der Waals surface area contributed by atoms with Gasteiger partial charge in [0, 0.05) is 38.1 Å². The van der Waals surface area contributed by atoms with E-state index in [1.165, 1.54) is 12.7 Å². The van der Waals surface area contributed by atoms with Crippen LogP contribution in [0.25, 0.3) is 10.9 Å². The van der Waals surface area contributed by atoms with Gasteiger partial charge in [-0.15, -0.1) is 0 Å². The van der Waals surface area contributed by atoms with Gasteiger partial charge in [0.1, 0.15) is 5.82 Å². The molecule has 0 amide bonds. The van der Waals surface area contributed by atoms with Gasteiger partial charge in [0.25, 0.3) is 0 Å². The number of hydrogen-bond donors (Lipinski definition) is 2. The molecule has 1 aliphatic rings. The highest BCUT2D eigenvalue weighted by Crippen LogP contribution is 2.26. The molecule has 0 radical (unpaired) electrons. The van der Waals surface area contributed by atoms with Crippen LogP contribution in [0.5, 0.6) is 0 Å². The zero-order chi connectivity index (χ0) is 22.5. The number of aromatic nitrogens is 2. The number of anilines is 2. The summed E-state index contributed by atoms with van der Waals surface area (Å²) < 4.78 is 4.75. The minimum atomic E-state index is -0.302. The Labute approximate surface area is 189 Å². The van der Waals surface area contributed by atoms with Crippen molar-refractivity contribution in [3.05, 3.63) is 59.7 Å². The van der Waals surface area contributed by atoms with Crippen LogP contribution in [0.15, 0.2) is 48.5 Å². The number of nitrogens with one attached hydrogen (secondary N) is 2. The van der Waals surface area contributed by atoms with Crippen LogP contribution in [0.3, 0.4) is 0 Å². The molecule has 2 aromatic carbocycles. The van der Waals surface area contributed by atoms with Gasteiger partial charge < -0.3 is 20.3 Å². The lowest BCUT2D eigenvalue weighted by atomic mass is 9.91. The van der Waals surface area contributed by atoms with E-state index in [-0.39, 0.29) is 5.97 Å². The molecule has 0 unspecified atom stereocenters. The Balaban J connectivity index is 1.30. The molecule has 7 heteroatoms. The fourth-order valence-corrected chi connectivity index (χ4v) is 4.23.